The van der Waals surface area contributed by atoms with Gasteiger partial charge in [-0.1, -0.05) is 24.3 Å². The van der Waals surface area contributed by atoms with Crippen LogP contribution in [0.2, 0.25) is 0 Å². The van der Waals surface area contributed by atoms with E-state index in [9.17, 15) is 18.8 Å². The molecule has 2 heterocycles. The largest absolute Gasteiger partial charge is 0.341 e. The minimum atomic E-state index is -0.542. The van der Waals surface area contributed by atoms with Crippen molar-refractivity contribution in [2.75, 3.05) is 26.2 Å². The number of para-hydroxylation sites is 1. The first-order valence-corrected chi connectivity index (χ1v) is 10.3. The Hall–Kier alpha value is -3.55. The lowest BCUT2D eigenvalue weighted by atomic mass is 10.2. The van der Waals surface area contributed by atoms with Gasteiger partial charge in [-0.05, 0) is 30.7 Å². The van der Waals surface area contributed by atoms with Crippen molar-refractivity contribution >= 4 is 22.7 Å². The van der Waals surface area contributed by atoms with E-state index in [1.54, 1.807) is 40.1 Å². The van der Waals surface area contributed by atoms with Crippen LogP contribution in [0, 0.1) is 5.82 Å². The predicted molar refractivity (Wildman–Crippen MR) is 114 cm³/mol. The lowest BCUT2D eigenvalue weighted by molar-refractivity contribution is -0.131. The minimum Gasteiger partial charge on any atom is -0.341 e. The normalized spacial score (nSPS) is 14.5. The summed E-state index contributed by atoms with van der Waals surface area (Å²) in [7, 11) is 0. The smallest absolute Gasteiger partial charge is 0.261 e. The van der Waals surface area contributed by atoms with Crippen LogP contribution < -0.4 is 5.56 Å². The monoisotopic (exact) mass is 422 g/mol. The molecule has 8 heteroatoms. The number of carbonyl (C=O) groups excluding carboxylic acids is 2. The summed E-state index contributed by atoms with van der Waals surface area (Å²) < 4.78 is 15.4. The summed E-state index contributed by atoms with van der Waals surface area (Å²) in [6.45, 7) is 1.94. The third-order valence-corrected chi connectivity index (χ3v) is 5.54. The topological polar surface area (TPSA) is 75.5 Å². The van der Waals surface area contributed by atoms with Crippen LogP contribution in [-0.4, -0.2) is 57.3 Å². The van der Waals surface area contributed by atoms with Crippen LogP contribution in [-0.2, 0) is 11.3 Å². The molecule has 1 fully saturated rings. The average Bonchev–Trinajstić information content (AvgIpc) is 3.05. The molecule has 0 atom stereocenters. The van der Waals surface area contributed by atoms with Crippen LogP contribution in [0.15, 0.2) is 59.7 Å². The highest BCUT2D eigenvalue weighted by Gasteiger charge is 2.24. The van der Waals surface area contributed by atoms with E-state index < -0.39 is 5.82 Å². The molecule has 7 nitrogen and oxygen atoms in total. The van der Waals surface area contributed by atoms with Crippen molar-refractivity contribution in [3.63, 3.8) is 0 Å². The number of aryl methyl sites for hydroxylation is 1. The van der Waals surface area contributed by atoms with Gasteiger partial charge in [0, 0.05) is 39.1 Å². The van der Waals surface area contributed by atoms with Crippen molar-refractivity contribution in [1.82, 2.24) is 19.4 Å². The molecule has 0 unspecified atom stereocenters. The van der Waals surface area contributed by atoms with Gasteiger partial charge in [0.1, 0.15) is 5.82 Å². The molecule has 31 heavy (non-hydrogen) atoms. The Kier molecular flexibility index (Phi) is 6.06. The molecule has 0 saturated carbocycles. The van der Waals surface area contributed by atoms with Gasteiger partial charge >= 0.3 is 0 Å². The van der Waals surface area contributed by atoms with Gasteiger partial charge in [-0.25, -0.2) is 9.37 Å². The molecule has 4 rings (SSSR count). The van der Waals surface area contributed by atoms with Crippen molar-refractivity contribution < 1.29 is 14.0 Å². The maximum Gasteiger partial charge on any atom is 0.261 e. The standard InChI is InChI=1S/C23H23FN4O3/c24-19-8-3-1-6-17(19)22(30)27-12-5-11-26(14-15-27)21(29)10-13-28-16-25-20-9-4-2-7-18(20)23(28)31/h1-4,6-9,16H,5,10-15H2. The maximum atomic E-state index is 13.9. The Balaban J connectivity index is 1.37. The SMILES string of the molecule is O=C(CCn1cnc2ccccc2c1=O)N1CCCN(C(=O)c2ccccc2F)CC1. The molecular formula is C23H23FN4O3. The zero-order valence-corrected chi connectivity index (χ0v) is 17.0. The maximum absolute atomic E-state index is 13.9. The van der Waals surface area contributed by atoms with Crippen molar-refractivity contribution in [3.05, 3.63) is 76.6 Å². The first-order valence-electron chi connectivity index (χ1n) is 10.3. The van der Waals surface area contributed by atoms with Gasteiger partial charge in [0.25, 0.3) is 11.5 Å². The van der Waals surface area contributed by atoms with E-state index in [0.29, 0.717) is 43.5 Å². The van der Waals surface area contributed by atoms with Gasteiger partial charge in [-0.3, -0.25) is 19.0 Å². The molecule has 1 saturated heterocycles. The fraction of sp³-hybridized carbons (Fsp3) is 0.304. The number of hydrogen-bond donors (Lipinski definition) is 0. The second-order valence-electron chi connectivity index (χ2n) is 7.52. The number of fused-ring (bicyclic) bond motifs is 1. The van der Waals surface area contributed by atoms with Crippen LogP contribution >= 0.6 is 0 Å². The van der Waals surface area contributed by atoms with E-state index in [-0.39, 0.29) is 35.9 Å². The molecule has 2 aromatic carbocycles. The molecule has 0 aliphatic carbocycles. The molecule has 1 aliphatic rings. The summed E-state index contributed by atoms with van der Waals surface area (Å²) in [5.74, 6) is -0.986. The van der Waals surface area contributed by atoms with E-state index in [1.807, 2.05) is 6.07 Å². The zero-order valence-electron chi connectivity index (χ0n) is 17.0. The molecule has 2 amide bonds. The molecule has 0 bridgehead atoms. The van der Waals surface area contributed by atoms with Gasteiger partial charge in [-0.2, -0.15) is 0 Å². The Labute approximate surface area is 178 Å². The first kappa shape index (κ1) is 20.7. The number of rotatable bonds is 4. The minimum absolute atomic E-state index is 0.0467. The summed E-state index contributed by atoms with van der Waals surface area (Å²) in [5, 5.41) is 0.523. The van der Waals surface area contributed by atoms with Gasteiger partial charge < -0.3 is 9.80 Å². The van der Waals surface area contributed by atoms with E-state index in [2.05, 4.69) is 4.98 Å². The van der Waals surface area contributed by atoms with Gasteiger partial charge in [-0.15, -0.1) is 0 Å². The van der Waals surface area contributed by atoms with Crippen LogP contribution in [0.1, 0.15) is 23.2 Å². The lowest BCUT2D eigenvalue weighted by Crippen LogP contribution is -2.38. The second kappa shape index (κ2) is 9.07. The summed E-state index contributed by atoms with van der Waals surface area (Å²) >= 11 is 0. The van der Waals surface area contributed by atoms with Crippen LogP contribution in [0.3, 0.4) is 0 Å². The Morgan fingerprint density at radius 2 is 1.65 bits per heavy atom. The number of benzene rings is 2. The zero-order chi connectivity index (χ0) is 21.8. The van der Waals surface area contributed by atoms with Crippen molar-refractivity contribution in [3.8, 4) is 0 Å². The number of halogens is 1. The van der Waals surface area contributed by atoms with E-state index in [4.69, 9.17) is 0 Å². The number of carbonyl (C=O) groups is 2. The van der Waals surface area contributed by atoms with Gasteiger partial charge in [0.05, 0.1) is 22.8 Å². The predicted octanol–water partition coefficient (Wildman–Crippen LogP) is 2.30. The third-order valence-electron chi connectivity index (χ3n) is 5.54. The summed E-state index contributed by atoms with van der Waals surface area (Å²) in [6, 6.07) is 13.0. The van der Waals surface area contributed by atoms with E-state index >= 15 is 0 Å². The first-order chi connectivity index (χ1) is 15.0. The highest BCUT2D eigenvalue weighted by atomic mass is 19.1. The molecule has 160 valence electrons. The summed E-state index contributed by atoms with van der Waals surface area (Å²) in [5.41, 5.74) is 0.503. The summed E-state index contributed by atoms with van der Waals surface area (Å²) in [4.78, 5) is 45.5. The average molecular weight is 422 g/mol. The fourth-order valence-electron chi connectivity index (χ4n) is 3.81. The highest BCUT2D eigenvalue weighted by molar-refractivity contribution is 5.94. The van der Waals surface area contributed by atoms with Gasteiger partial charge in [0.15, 0.2) is 0 Å². The number of amides is 2. The Bertz CT molecular complexity index is 1180. The lowest BCUT2D eigenvalue weighted by Gasteiger charge is -2.22. The molecule has 1 aromatic heterocycles. The van der Waals surface area contributed by atoms with Crippen molar-refractivity contribution in [2.45, 2.75) is 19.4 Å². The third kappa shape index (κ3) is 4.47. The van der Waals surface area contributed by atoms with Crippen LogP contribution in [0.5, 0.6) is 0 Å². The van der Waals surface area contributed by atoms with E-state index in [0.717, 1.165) is 0 Å². The summed E-state index contributed by atoms with van der Waals surface area (Å²) in [6.07, 6.45) is 2.25. The highest BCUT2D eigenvalue weighted by Crippen LogP contribution is 2.13. The molecule has 1 aliphatic heterocycles. The number of aromatic nitrogens is 2. The van der Waals surface area contributed by atoms with Gasteiger partial charge in [0.2, 0.25) is 5.91 Å². The number of nitrogens with zero attached hydrogens (tertiary/aromatic N) is 4. The molecule has 0 N–H and O–H groups in total. The number of hydrogen-bond acceptors (Lipinski definition) is 4. The quantitative estimate of drug-likeness (QED) is 0.647. The Morgan fingerprint density at radius 1 is 0.935 bits per heavy atom. The van der Waals surface area contributed by atoms with Crippen LogP contribution in [0.4, 0.5) is 4.39 Å². The van der Waals surface area contributed by atoms with Crippen molar-refractivity contribution in [1.29, 1.82) is 0 Å². The molecule has 0 radical (unpaired) electrons. The second-order valence-corrected chi connectivity index (χ2v) is 7.52. The fourth-order valence-corrected chi connectivity index (χ4v) is 3.81. The van der Waals surface area contributed by atoms with E-state index in [1.165, 1.54) is 23.0 Å². The van der Waals surface area contributed by atoms with Crippen molar-refractivity contribution in [2.24, 2.45) is 0 Å². The molecule has 3 aromatic rings. The molecular weight excluding hydrogens is 399 g/mol. The van der Waals surface area contributed by atoms with Crippen LogP contribution in [0.25, 0.3) is 10.9 Å². The Morgan fingerprint density at radius 3 is 2.48 bits per heavy atom. The molecule has 0 spiro atoms.